The van der Waals surface area contributed by atoms with Crippen molar-refractivity contribution in [3.8, 4) is 0 Å². The predicted molar refractivity (Wildman–Crippen MR) is 157 cm³/mol. The van der Waals surface area contributed by atoms with Gasteiger partial charge in [0.15, 0.2) is 0 Å². The molecular formula is C30H33BrN4O3. The van der Waals surface area contributed by atoms with Crippen LogP contribution < -0.4 is 16.4 Å². The van der Waals surface area contributed by atoms with Gasteiger partial charge >= 0.3 is 0 Å². The fraction of sp³-hybridized carbons (Fsp3) is 0.267. The summed E-state index contributed by atoms with van der Waals surface area (Å²) in [4.78, 5) is 28.1. The van der Waals surface area contributed by atoms with Gasteiger partial charge in [-0.15, -0.1) is 0 Å². The number of hydrogen-bond donors (Lipinski definition) is 3. The molecule has 3 aromatic rings. The van der Waals surface area contributed by atoms with E-state index < -0.39 is 0 Å². The van der Waals surface area contributed by atoms with Crippen LogP contribution in [0, 0.1) is 0 Å². The van der Waals surface area contributed by atoms with E-state index in [9.17, 15) is 9.59 Å². The Hall–Kier alpha value is -3.46. The summed E-state index contributed by atoms with van der Waals surface area (Å²) in [7, 11) is 0. The highest BCUT2D eigenvalue weighted by Crippen LogP contribution is 2.25. The molecule has 198 valence electrons. The lowest BCUT2D eigenvalue weighted by Gasteiger charge is -2.27. The van der Waals surface area contributed by atoms with Crippen molar-refractivity contribution in [1.29, 1.82) is 0 Å². The van der Waals surface area contributed by atoms with Crippen molar-refractivity contribution >= 4 is 50.9 Å². The molecule has 4 rings (SSSR count). The Morgan fingerprint density at radius 3 is 2.39 bits per heavy atom. The lowest BCUT2D eigenvalue weighted by molar-refractivity contribution is -0.117. The van der Waals surface area contributed by atoms with E-state index in [-0.39, 0.29) is 17.7 Å². The summed E-state index contributed by atoms with van der Waals surface area (Å²) in [5.74, 6) is -0.582. The average molecular weight is 578 g/mol. The molecule has 8 heteroatoms. The topological polar surface area (TPSA) is 96.7 Å². The summed E-state index contributed by atoms with van der Waals surface area (Å²) in [5.41, 5.74) is 9.56. The Labute approximate surface area is 232 Å². The molecule has 0 radical (unpaired) electrons. The summed E-state index contributed by atoms with van der Waals surface area (Å²) in [6.45, 7) is 4.33. The van der Waals surface area contributed by atoms with Crippen molar-refractivity contribution in [2.24, 2.45) is 0 Å². The van der Waals surface area contributed by atoms with Gasteiger partial charge < -0.3 is 21.1 Å². The summed E-state index contributed by atoms with van der Waals surface area (Å²) in [5, 5.41) is 5.85. The number of amides is 2. The van der Waals surface area contributed by atoms with Crippen LogP contribution in [0.1, 0.15) is 29.9 Å². The van der Waals surface area contributed by atoms with Gasteiger partial charge in [0.2, 0.25) is 11.8 Å². The van der Waals surface area contributed by atoms with Crippen LogP contribution in [0.4, 0.5) is 17.1 Å². The minimum atomic E-state index is -0.290. The maximum atomic E-state index is 13.3. The fourth-order valence-corrected chi connectivity index (χ4v) is 4.62. The number of morpholine rings is 1. The third-order valence-electron chi connectivity index (χ3n) is 6.48. The monoisotopic (exact) mass is 576 g/mol. The first-order valence-corrected chi connectivity index (χ1v) is 13.6. The number of hydrogen-bond acceptors (Lipinski definition) is 5. The molecule has 0 bridgehead atoms. The highest BCUT2D eigenvalue weighted by Gasteiger charge is 2.21. The number of anilines is 3. The van der Waals surface area contributed by atoms with Gasteiger partial charge in [0.25, 0.3) is 0 Å². The van der Waals surface area contributed by atoms with Crippen LogP contribution in [-0.4, -0.2) is 49.6 Å². The number of nitrogens with two attached hydrogens (primary N) is 1. The Bertz CT molecular complexity index is 1240. The molecule has 1 atom stereocenters. The van der Waals surface area contributed by atoms with Gasteiger partial charge in [-0.25, -0.2) is 0 Å². The van der Waals surface area contributed by atoms with E-state index in [4.69, 9.17) is 10.5 Å². The van der Waals surface area contributed by atoms with E-state index in [1.807, 2.05) is 60.7 Å². The fourth-order valence-electron chi connectivity index (χ4n) is 4.35. The highest BCUT2D eigenvalue weighted by molar-refractivity contribution is 9.10. The van der Waals surface area contributed by atoms with Gasteiger partial charge in [0.05, 0.1) is 30.5 Å². The number of benzene rings is 3. The quantitative estimate of drug-likeness (QED) is 0.218. The SMILES string of the molecule is Nc1ccccc1NC(=O)C=Cc1ccc(C(CCCN2CCOCC2)C(=O)Nc2ccc(Br)cc2)cc1. The zero-order chi connectivity index (χ0) is 26.7. The molecule has 1 unspecified atom stereocenters. The smallest absolute Gasteiger partial charge is 0.248 e. The summed E-state index contributed by atoms with van der Waals surface area (Å²) < 4.78 is 6.41. The number of nitrogen functional groups attached to an aromatic ring is 1. The third-order valence-corrected chi connectivity index (χ3v) is 7.01. The molecule has 4 N–H and O–H groups in total. The summed E-state index contributed by atoms with van der Waals surface area (Å²) >= 11 is 3.43. The number of carbonyl (C=O) groups excluding carboxylic acids is 2. The van der Waals surface area contributed by atoms with E-state index in [0.717, 1.165) is 67.0 Å². The van der Waals surface area contributed by atoms with Crippen LogP contribution in [-0.2, 0) is 14.3 Å². The second kappa shape index (κ2) is 13.9. The first-order chi connectivity index (χ1) is 18.5. The van der Waals surface area contributed by atoms with Crippen molar-refractivity contribution in [3.05, 3.63) is 94.5 Å². The Balaban J connectivity index is 1.41. The number of carbonyl (C=O) groups is 2. The van der Waals surface area contributed by atoms with Gasteiger partial charge in [0.1, 0.15) is 0 Å². The minimum Gasteiger partial charge on any atom is -0.397 e. The van der Waals surface area contributed by atoms with Crippen LogP contribution in [0.2, 0.25) is 0 Å². The van der Waals surface area contributed by atoms with Gasteiger partial charge in [-0.3, -0.25) is 14.5 Å². The Morgan fingerprint density at radius 1 is 0.974 bits per heavy atom. The first kappa shape index (κ1) is 27.6. The molecule has 7 nitrogen and oxygen atoms in total. The van der Waals surface area contributed by atoms with Crippen LogP contribution in [0.25, 0.3) is 6.08 Å². The van der Waals surface area contributed by atoms with Gasteiger partial charge in [-0.2, -0.15) is 0 Å². The zero-order valence-corrected chi connectivity index (χ0v) is 22.8. The lowest BCUT2D eigenvalue weighted by atomic mass is 9.92. The van der Waals surface area contributed by atoms with E-state index in [0.29, 0.717) is 11.4 Å². The van der Waals surface area contributed by atoms with Crippen molar-refractivity contribution in [2.75, 3.05) is 49.2 Å². The first-order valence-electron chi connectivity index (χ1n) is 12.8. The third kappa shape index (κ3) is 8.28. The van der Waals surface area contributed by atoms with Crippen LogP contribution in [0.15, 0.2) is 83.3 Å². The molecule has 0 saturated carbocycles. The number of ether oxygens (including phenoxy) is 1. The van der Waals surface area contributed by atoms with E-state index in [1.54, 1.807) is 18.2 Å². The minimum absolute atomic E-state index is 0.0302. The normalized spacial score (nSPS) is 14.8. The van der Waals surface area contributed by atoms with Crippen LogP contribution >= 0.6 is 15.9 Å². The van der Waals surface area contributed by atoms with E-state index in [2.05, 4.69) is 31.5 Å². The Kier molecular flexibility index (Phi) is 10.1. The maximum absolute atomic E-state index is 13.3. The molecule has 1 fully saturated rings. The largest absolute Gasteiger partial charge is 0.397 e. The summed E-state index contributed by atoms with van der Waals surface area (Å²) in [6.07, 6.45) is 4.85. The molecule has 0 spiro atoms. The molecule has 0 aliphatic carbocycles. The predicted octanol–water partition coefficient (Wildman–Crippen LogP) is 5.52. The molecule has 1 aliphatic heterocycles. The molecule has 3 aromatic carbocycles. The Morgan fingerprint density at radius 2 is 1.68 bits per heavy atom. The molecule has 1 heterocycles. The molecular weight excluding hydrogens is 544 g/mol. The number of rotatable bonds is 10. The standard InChI is InChI=1S/C30H33BrN4O3/c31-24-12-14-25(15-13-24)33-30(37)26(4-3-17-35-18-20-38-21-19-35)23-10-7-22(8-11-23)9-16-29(36)34-28-6-2-1-5-27(28)32/h1-2,5-16,26H,3-4,17-21,32H2,(H,33,37)(H,34,36). The number of nitrogens with one attached hydrogen (secondary N) is 2. The molecule has 2 amide bonds. The highest BCUT2D eigenvalue weighted by atomic mass is 79.9. The molecule has 0 aromatic heterocycles. The van der Waals surface area contributed by atoms with Crippen molar-refractivity contribution in [1.82, 2.24) is 4.90 Å². The van der Waals surface area contributed by atoms with Gasteiger partial charge in [-0.1, -0.05) is 52.3 Å². The number of nitrogens with zero attached hydrogens (tertiary/aromatic N) is 1. The van der Waals surface area contributed by atoms with E-state index in [1.165, 1.54) is 6.08 Å². The van der Waals surface area contributed by atoms with Gasteiger partial charge in [-0.05, 0) is 73.0 Å². The number of para-hydroxylation sites is 2. The van der Waals surface area contributed by atoms with Crippen LogP contribution in [0.5, 0.6) is 0 Å². The van der Waals surface area contributed by atoms with Crippen molar-refractivity contribution in [3.63, 3.8) is 0 Å². The van der Waals surface area contributed by atoms with Crippen molar-refractivity contribution < 1.29 is 14.3 Å². The molecule has 1 aliphatic rings. The van der Waals surface area contributed by atoms with Crippen LogP contribution in [0.3, 0.4) is 0 Å². The number of halogens is 1. The van der Waals surface area contributed by atoms with E-state index >= 15 is 0 Å². The van der Waals surface area contributed by atoms with Crippen molar-refractivity contribution in [2.45, 2.75) is 18.8 Å². The second-order valence-corrected chi connectivity index (χ2v) is 10.1. The lowest BCUT2D eigenvalue weighted by Crippen LogP contribution is -2.37. The molecule has 1 saturated heterocycles. The second-order valence-electron chi connectivity index (χ2n) is 9.22. The molecule has 38 heavy (non-hydrogen) atoms. The zero-order valence-electron chi connectivity index (χ0n) is 21.2. The van der Waals surface area contributed by atoms with Gasteiger partial charge in [0, 0.05) is 29.3 Å². The average Bonchev–Trinajstić information content (AvgIpc) is 2.93. The maximum Gasteiger partial charge on any atom is 0.248 e. The summed E-state index contributed by atoms with van der Waals surface area (Å²) in [6, 6.07) is 22.5.